The van der Waals surface area contributed by atoms with E-state index >= 15 is 0 Å². The van der Waals surface area contributed by atoms with Gasteiger partial charge in [0.05, 0.1) is 24.5 Å². The van der Waals surface area contributed by atoms with E-state index in [0.29, 0.717) is 32.0 Å². The Morgan fingerprint density at radius 2 is 1.88 bits per heavy atom. The highest BCUT2D eigenvalue weighted by Gasteiger charge is 2.22. The van der Waals surface area contributed by atoms with E-state index in [9.17, 15) is 4.79 Å². The Morgan fingerprint density at radius 1 is 1.06 bits per heavy atom. The van der Waals surface area contributed by atoms with Gasteiger partial charge in [0.15, 0.2) is 0 Å². The van der Waals surface area contributed by atoms with Gasteiger partial charge in [-0.25, -0.2) is 19.4 Å². The molecular formula is C24H28N8O2. The Kier molecular flexibility index (Phi) is 6.03. The largest absolute Gasteiger partial charge is 0.494 e. The highest BCUT2D eigenvalue weighted by Crippen LogP contribution is 2.28. The van der Waals surface area contributed by atoms with Crippen LogP contribution in [-0.4, -0.2) is 75.1 Å². The Morgan fingerprint density at radius 3 is 2.65 bits per heavy atom. The zero-order valence-corrected chi connectivity index (χ0v) is 19.4. The molecule has 2 aromatic heterocycles. The summed E-state index contributed by atoms with van der Waals surface area (Å²) in [5, 5.41) is 7.41. The van der Waals surface area contributed by atoms with E-state index < -0.39 is 0 Å². The summed E-state index contributed by atoms with van der Waals surface area (Å²) in [6.45, 7) is 5.92. The Balaban J connectivity index is 1.15. The number of piperazine rings is 1. The lowest BCUT2D eigenvalue weighted by Crippen LogP contribution is -2.52. The molecule has 10 heteroatoms. The third-order valence-corrected chi connectivity index (χ3v) is 6.10. The van der Waals surface area contributed by atoms with Gasteiger partial charge in [-0.2, -0.15) is 5.10 Å². The van der Waals surface area contributed by atoms with E-state index in [-0.39, 0.29) is 6.03 Å². The Bertz CT molecular complexity index is 1290. The number of aryl methyl sites for hydroxylation is 1. The van der Waals surface area contributed by atoms with Gasteiger partial charge in [0.2, 0.25) is 0 Å². The van der Waals surface area contributed by atoms with Crippen LogP contribution in [0.3, 0.4) is 0 Å². The number of amides is 2. The number of nitrogens with one attached hydrogen (secondary N) is 1. The average molecular weight is 461 g/mol. The van der Waals surface area contributed by atoms with Crippen molar-refractivity contribution in [1.29, 1.82) is 0 Å². The second kappa shape index (κ2) is 9.42. The van der Waals surface area contributed by atoms with Gasteiger partial charge in [-0.3, -0.25) is 0 Å². The van der Waals surface area contributed by atoms with Crippen LogP contribution < -0.4 is 15.0 Å². The summed E-state index contributed by atoms with van der Waals surface area (Å²) in [5.74, 6) is 1.44. The molecule has 0 radical (unpaired) electrons. The van der Waals surface area contributed by atoms with Gasteiger partial charge in [-0.05, 0) is 31.2 Å². The molecule has 3 heterocycles. The van der Waals surface area contributed by atoms with Crippen molar-refractivity contribution in [3.63, 3.8) is 0 Å². The molecule has 2 amide bonds. The molecule has 0 aliphatic carbocycles. The van der Waals surface area contributed by atoms with E-state index in [1.165, 1.54) is 0 Å². The summed E-state index contributed by atoms with van der Waals surface area (Å²) in [5.41, 5.74) is 3.94. The van der Waals surface area contributed by atoms with Crippen LogP contribution in [0.4, 0.5) is 10.5 Å². The highest BCUT2D eigenvalue weighted by atomic mass is 16.5. The molecule has 176 valence electrons. The molecule has 1 saturated heterocycles. The minimum atomic E-state index is -0.0291. The molecule has 34 heavy (non-hydrogen) atoms. The normalized spacial score (nSPS) is 13.9. The number of anilines is 1. The first-order chi connectivity index (χ1) is 16.6. The quantitative estimate of drug-likeness (QED) is 0.475. The molecule has 0 spiro atoms. The number of para-hydroxylation sites is 2. The Hall–Kier alpha value is -4.08. The second-order valence-corrected chi connectivity index (χ2v) is 8.23. The molecule has 0 atom stereocenters. The third-order valence-electron chi connectivity index (χ3n) is 6.10. The van der Waals surface area contributed by atoms with Crippen LogP contribution in [0.2, 0.25) is 0 Å². The molecule has 4 aromatic rings. The molecule has 0 bridgehead atoms. The lowest BCUT2D eigenvalue weighted by molar-refractivity contribution is 0.194. The average Bonchev–Trinajstić information content (AvgIpc) is 3.50. The van der Waals surface area contributed by atoms with Crippen LogP contribution in [0, 0.1) is 6.92 Å². The van der Waals surface area contributed by atoms with E-state index in [1.54, 1.807) is 18.1 Å². The number of methoxy groups -OCH3 is 1. The number of benzene rings is 2. The van der Waals surface area contributed by atoms with Gasteiger partial charge in [0.1, 0.15) is 23.6 Å². The van der Waals surface area contributed by atoms with Crippen molar-refractivity contribution in [2.24, 2.45) is 0 Å². The molecule has 1 fully saturated rings. The molecule has 2 aromatic carbocycles. The second-order valence-electron chi connectivity index (χ2n) is 8.23. The summed E-state index contributed by atoms with van der Waals surface area (Å²) in [6, 6.07) is 14.0. The molecule has 1 aliphatic rings. The zero-order valence-electron chi connectivity index (χ0n) is 19.4. The van der Waals surface area contributed by atoms with Gasteiger partial charge < -0.3 is 24.4 Å². The number of aromatic nitrogens is 5. The number of fused-ring (bicyclic) bond motifs is 1. The van der Waals surface area contributed by atoms with Crippen molar-refractivity contribution in [1.82, 2.24) is 34.5 Å². The third kappa shape index (κ3) is 4.39. The van der Waals surface area contributed by atoms with Crippen molar-refractivity contribution in [3.8, 4) is 11.4 Å². The number of ether oxygens (including phenoxy) is 1. The van der Waals surface area contributed by atoms with Crippen LogP contribution in [0.15, 0.2) is 55.1 Å². The monoisotopic (exact) mass is 460 g/mol. The highest BCUT2D eigenvalue weighted by molar-refractivity contribution is 5.76. The minimum absolute atomic E-state index is 0.0291. The van der Waals surface area contributed by atoms with E-state index in [4.69, 9.17) is 4.74 Å². The van der Waals surface area contributed by atoms with Gasteiger partial charge in [0, 0.05) is 51.0 Å². The first kappa shape index (κ1) is 21.7. The summed E-state index contributed by atoms with van der Waals surface area (Å²) in [7, 11) is 1.65. The SMILES string of the molecule is COc1cc(N2CCN(C(=O)NCCn3cnc4ccccc43)CC2)ccc1-n1cnc(C)n1. The number of carbonyl (C=O) groups excluding carboxylic acids is 1. The molecule has 5 rings (SSSR count). The van der Waals surface area contributed by atoms with Gasteiger partial charge in [0.25, 0.3) is 0 Å². The fourth-order valence-electron chi connectivity index (χ4n) is 4.27. The molecular weight excluding hydrogens is 432 g/mol. The molecule has 1 N–H and O–H groups in total. The predicted octanol–water partition coefficient (Wildman–Crippen LogP) is 2.47. The number of imidazole rings is 1. The fraction of sp³-hybridized carbons (Fsp3) is 0.333. The maximum Gasteiger partial charge on any atom is 0.317 e. The first-order valence-electron chi connectivity index (χ1n) is 11.4. The van der Waals surface area contributed by atoms with E-state index in [0.717, 1.165) is 41.2 Å². The lowest BCUT2D eigenvalue weighted by Gasteiger charge is -2.36. The van der Waals surface area contributed by atoms with Crippen LogP contribution in [0.5, 0.6) is 5.75 Å². The topological polar surface area (TPSA) is 93.3 Å². The summed E-state index contributed by atoms with van der Waals surface area (Å²) in [6.07, 6.45) is 3.50. The summed E-state index contributed by atoms with van der Waals surface area (Å²) in [4.78, 5) is 25.4. The smallest absolute Gasteiger partial charge is 0.317 e. The standard InChI is InChI=1S/C24H28N8O2/c1-18-26-17-32(28-18)22-8-7-19(15-23(22)34-2)29-11-13-30(14-12-29)24(33)25-9-10-31-16-27-20-5-3-4-6-21(20)31/h3-8,15-17H,9-14H2,1-2H3,(H,25,33). The number of hydrogen-bond acceptors (Lipinski definition) is 6. The van der Waals surface area contributed by atoms with Gasteiger partial charge in [-0.1, -0.05) is 12.1 Å². The van der Waals surface area contributed by atoms with Crippen molar-refractivity contribution >= 4 is 22.8 Å². The molecule has 1 aliphatic heterocycles. The predicted molar refractivity (Wildman–Crippen MR) is 130 cm³/mol. The Labute approximate surface area is 197 Å². The number of hydrogen-bond donors (Lipinski definition) is 1. The maximum absolute atomic E-state index is 12.7. The molecule has 0 unspecified atom stereocenters. The van der Waals surface area contributed by atoms with Crippen LogP contribution in [0.1, 0.15) is 5.82 Å². The number of carbonyl (C=O) groups is 1. The minimum Gasteiger partial charge on any atom is -0.494 e. The molecule has 10 nitrogen and oxygen atoms in total. The van der Waals surface area contributed by atoms with Crippen molar-refractivity contribution < 1.29 is 9.53 Å². The first-order valence-corrected chi connectivity index (χ1v) is 11.4. The number of urea groups is 1. The van der Waals surface area contributed by atoms with Crippen molar-refractivity contribution in [2.45, 2.75) is 13.5 Å². The summed E-state index contributed by atoms with van der Waals surface area (Å²) >= 11 is 0. The molecule has 0 saturated carbocycles. The zero-order chi connectivity index (χ0) is 23.5. The van der Waals surface area contributed by atoms with Crippen LogP contribution >= 0.6 is 0 Å². The number of rotatable bonds is 6. The number of nitrogens with zero attached hydrogens (tertiary/aromatic N) is 7. The summed E-state index contributed by atoms with van der Waals surface area (Å²) < 4.78 is 9.38. The van der Waals surface area contributed by atoms with E-state index in [1.807, 2.05) is 54.5 Å². The van der Waals surface area contributed by atoms with Crippen molar-refractivity contribution in [3.05, 3.63) is 60.9 Å². The maximum atomic E-state index is 12.7. The van der Waals surface area contributed by atoms with Crippen LogP contribution in [0.25, 0.3) is 16.7 Å². The van der Waals surface area contributed by atoms with Crippen LogP contribution in [-0.2, 0) is 6.54 Å². The van der Waals surface area contributed by atoms with Gasteiger partial charge >= 0.3 is 6.03 Å². The van der Waals surface area contributed by atoms with E-state index in [2.05, 4.69) is 35.9 Å². The lowest BCUT2D eigenvalue weighted by atomic mass is 10.2. The van der Waals surface area contributed by atoms with Gasteiger partial charge in [-0.15, -0.1) is 0 Å². The van der Waals surface area contributed by atoms with Crippen molar-refractivity contribution in [2.75, 3.05) is 44.7 Å². The fourth-order valence-corrected chi connectivity index (χ4v) is 4.27.